The van der Waals surface area contributed by atoms with Crippen LogP contribution in [0.4, 0.5) is 0 Å². The van der Waals surface area contributed by atoms with E-state index in [4.69, 9.17) is 5.73 Å². The highest BCUT2D eigenvalue weighted by Gasteiger charge is 2.27. The van der Waals surface area contributed by atoms with E-state index < -0.39 is 0 Å². The second-order valence-corrected chi connectivity index (χ2v) is 5.50. The fourth-order valence-corrected chi connectivity index (χ4v) is 3.17. The third kappa shape index (κ3) is 2.43. The van der Waals surface area contributed by atoms with Crippen LogP contribution in [-0.4, -0.2) is 15.6 Å². The Bertz CT molecular complexity index is 559. The number of rotatable bonds is 4. The van der Waals surface area contributed by atoms with Gasteiger partial charge in [0.2, 0.25) is 0 Å². The molecule has 0 radical (unpaired) electrons. The third-order valence-corrected chi connectivity index (χ3v) is 4.32. The van der Waals surface area contributed by atoms with E-state index in [0.717, 1.165) is 18.7 Å². The summed E-state index contributed by atoms with van der Waals surface area (Å²) in [6.07, 6.45) is 8.18. The van der Waals surface area contributed by atoms with E-state index in [2.05, 4.69) is 33.8 Å². The van der Waals surface area contributed by atoms with Gasteiger partial charge in [-0.05, 0) is 36.3 Å². The fourth-order valence-electron chi connectivity index (χ4n) is 3.17. The second-order valence-electron chi connectivity index (χ2n) is 5.50. The maximum atomic E-state index is 6.42. The Labute approximate surface area is 114 Å². The first kappa shape index (κ1) is 12.4. The Morgan fingerprint density at radius 3 is 3.05 bits per heavy atom. The van der Waals surface area contributed by atoms with Gasteiger partial charge in [0.15, 0.2) is 0 Å². The zero-order valence-electron chi connectivity index (χ0n) is 11.4. The summed E-state index contributed by atoms with van der Waals surface area (Å²) in [5.74, 6) is 1.65. The molecule has 0 spiro atoms. The number of fused-ring (bicyclic) bond motifs is 1. The van der Waals surface area contributed by atoms with Gasteiger partial charge in [0, 0.05) is 31.9 Å². The van der Waals surface area contributed by atoms with Crippen molar-refractivity contribution in [2.75, 3.05) is 0 Å². The quantitative estimate of drug-likeness (QED) is 0.911. The normalized spacial score (nSPS) is 19.4. The molecule has 1 aliphatic carbocycles. The highest BCUT2D eigenvalue weighted by molar-refractivity contribution is 5.35. The number of aryl methyl sites for hydroxylation is 3. The van der Waals surface area contributed by atoms with Crippen LogP contribution in [-0.2, 0) is 19.9 Å². The van der Waals surface area contributed by atoms with Gasteiger partial charge in [-0.2, -0.15) is 0 Å². The molecule has 2 N–H and O–H groups in total. The molecule has 2 unspecified atom stereocenters. The van der Waals surface area contributed by atoms with Gasteiger partial charge in [-0.1, -0.05) is 24.3 Å². The summed E-state index contributed by atoms with van der Waals surface area (Å²) in [6, 6.07) is 8.97. The molecule has 0 amide bonds. The van der Waals surface area contributed by atoms with E-state index in [1.807, 2.05) is 19.4 Å². The molecule has 2 aromatic rings. The summed E-state index contributed by atoms with van der Waals surface area (Å²) in [7, 11) is 2.04. The molecule has 2 atom stereocenters. The van der Waals surface area contributed by atoms with Crippen LogP contribution in [0, 0.1) is 0 Å². The standard InChI is InChI=1S/C16H21N3/c1-19-11-10-18-16(19)9-8-15(17)14-7-6-12-4-2-3-5-13(12)14/h2-5,10-11,14-15H,6-9,17H2,1H3. The monoisotopic (exact) mass is 255 g/mol. The molecule has 3 nitrogen and oxygen atoms in total. The van der Waals surface area contributed by atoms with Crippen molar-refractivity contribution in [3.05, 3.63) is 53.6 Å². The van der Waals surface area contributed by atoms with Crippen LogP contribution in [0.5, 0.6) is 0 Å². The van der Waals surface area contributed by atoms with Crippen LogP contribution in [0.25, 0.3) is 0 Å². The van der Waals surface area contributed by atoms with E-state index in [9.17, 15) is 0 Å². The van der Waals surface area contributed by atoms with Crippen LogP contribution in [0.15, 0.2) is 36.7 Å². The van der Waals surface area contributed by atoms with Gasteiger partial charge in [-0.15, -0.1) is 0 Å². The minimum absolute atomic E-state index is 0.236. The first-order valence-electron chi connectivity index (χ1n) is 7.05. The molecule has 3 heteroatoms. The van der Waals surface area contributed by atoms with Crippen LogP contribution in [0.1, 0.15) is 35.7 Å². The molecule has 0 fully saturated rings. The lowest BCUT2D eigenvalue weighted by Crippen LogP contribution is -2.28. The molecule has 19 heavy (non-hydrogen) atoms. The molecular formula is C16H21N3. The molecular weight excluding hydrogens is 234 g/mol. The maximum absolute atomic E-state index is 6.42. The number of benzene rings is 1. The van der Waals surface area contributed by atoms with Crippen molar-refractivity contribution in [3.8, 4) is 0 Å². The van der Waals surface area contributed by atoms with Gasteiger partial charge in [0.05, 0.1) is 0 Å². The summed E-state index contributed by atoms with van der Waals surface area (Å²) >= 11 is 0. The van der Waals surface area contributed by atoms with E-state index in [-0.39, 0.29) is 6.04 Å². The SMILES string of the molecule is Cn1ccnc1CCC(N)C1CCc2ccccc21. The molecule has 3 rings (SSSR count). The summed E-state index contributed by atoms with van der Waals surface area (Å²) in [5, 5.41) is 0. The lowest BCUT2D eigenvalue weighted by molar-refractivity contribution is 0.489. The minimum atomic E-state index is 0.236. The largest absolute Gasteiger partial charge is 0.338 e. The topological polar surface area (TPSA) is 43.8 Å². The average molecular weight is 255 g/mol. The molecule has 1 aliphatic rings. The summed E-state index contributed by atoms with van der Waals surface area (Å²) in [5.41, 5.74) is 9.38. The predicted octanol–water partition coefficient (Wildman–Crippen LogP) is 2.41. The van der Waals surface area contributed by atoms with Gasteiger partial charge in [0.25, 0.3) is 0 Å². The zero-order chi connectivity index (χ0) is 13.2. The number of nitrogens with two attached hydrogens (primary N) is 1. The van der Waals surface area contributed by atoms with Crippen molar-refractivity contribution in [2.24, 2.45) is 12.8 Å². The molecule has 0 saturated heterocycles. The smallest absolute Gasteiger partial charge is 0.108 e. The minimum Gasteiger partial charge on any atom is -0.338 e. The molecule has 0 saturated carbocycles. The van der Waals surface area contributed by atoms with E-state index in [1.165, 1.54) is 24.0 Å². The average Bonchev–Trinajstić information content (AvgIpc) is 3.02. The first-order valence-corrected chi connectivity index (χ1v) is 7.05. The Morgan fingerprint density at radius 2 is 2.26 bits per heavy atom. The molecule has 0 aliphatic heterocycles. The van der Waals surface area contributed by atoms with Crippen LogP contribution >= 0.6 is 0 Å². The first-order chi connectivity index (χ1) is 9.25. The van der Waals surface area contributed by atoms with Crippen molar-refractivity contribution in [3.63, 3.8) is 0 Å². The number of aromatic nitrogens is 2. The molecule has 0 bridgehead atoms. The van der Waals surface area contributed by atoms with Crippen LogP contribution in [0.2, 0.25) is 0 Å². The Morgan fingerprint density at radius 1 is 1.42 bits per heavy atom. The Balaban J connectivity index is 1.66. The maximum Gasteiger partial charge on any atom is 0.108 e. The van der Waals surface area contributed by atoms with E-state index in [0.29, 0.717) is 5.92 Å². The van der Waals surface area contributed by atoms with E-state index in [1.54, 1.807) is 0 Å². The van der Waals surface area contributed by atoms with Crippen molar-refractivity contribution in [1.29, 1.82) is 0 Å². The van der Waals surface area contributed by atoms with Gasteiger partial charge < -0.3 is 10.3 Å². The second kappa shape index (κ2) is 5.17. The van der Waals surface area contributed by atoms with Crippen molar-refractivity contribution in [1.82, 2.24) is 9.55 Å². The highest BCUT2D eigenvalue weighted by Crippen LogP contribution is 2.35. The van der Waals surface area contributed by atoms with E-state index >= 15 is 0 Å². The molecule has 1 heterocycles. The molecule has 100 valence electrons. The third-order valence-electron chi connectivity index (χ3n) is 4.32. The van der Waals surface area contributed by atoms with Gasteiger partial charge in [0.1, 0.15) is 5.82 Å². The predicted molar refractivity (Wildman–Crippen MR) is 77.0 cm³/mol. The highest BCUT2D eigenvalue weighted by atomic mass is 15.0. The van der Waals surface area contributed by atoms with Crippen molar-refractivity contribution < 1.29 is 0 Å². The Kier molecular flexibility index (Phi) is 3.38. The summed E-state index contributed by atoms with van der Waals surface area (Å²) < 4.78 is 2.08. The fraction of sp³-hybridized carbons (Fsp3) is 0.438. The number of hydrogen-bond acceptors (Lipinski definition) is 2. The molecule has 1 aromatic heterocycles. The number of hydrogen-bond donors (Lipinski definition) is 1. The summed E-state index contributed by atoms with van der Waals surface area (Å²) in [6.45, 7) is 0. The molecule has 1 aromatic carbocycles. The lowest BCUT2D eigenvalue weighted by Gasteiger charge is -2.20. The number of imidazole rings is 1. The zero-order valence-corrected chi connectivity index (χ0v) is 11.4. The van der Waals surface area contributed by atoms with Crippen molar-refractivity contribution in [2.45, 2.75) is 37.6 Å². The van der Waals surface area contributed by atoms with Gasteiger partial charge in [-0.3, -0.25) is 0 Å². The van der Waals surface area contributed by atoms with Crippen LogP contribution < -0.4 is 5.73 Å². The van der Waals surface area contributed by atoms with Crippen molar-refractivity contribution >= 4 is 0 Å². The van der Waals surface area contributed by atoms with Gasteiger partial charge >= 0.3 is 0 Å². The number of nitrogens with zero attached hydrogens (tertiary/aromatic N) is 2. The lowest BCUT2D eigenvalue weighted by atomic mass is 9.91. The van der Waals surface area contributed by atoms with Gasteiger partial charge in [-0.25, -0.2) is 4.98 Å². The Hall–Kier alpha value is -1.61. The summed E-state index contributed by atoms with van der Waals surface area (Å²) in [4.78, 5) is 4.37. The van der Waals surface area contributed by atoms with Crippen LogP contribution in [0.3, 0.4) is 0 Å².